The molecule has 8 rings (SSSR count). The fourth-order valence-corrected chi connectivity index (χ4v) is 11.8. The van der Waals surface area contributed by atoms with Crippen molar-refractivity contribution in [2.24, 2.45) is 0 Å². The lowest BCUT2D eigenvalue weighted by atomic mass is 9.78. The SMILES string of the molecule is CCCCN1C(=CC=C(C=CC2=[N+](CCCS(=O)(=O)O)c3ccc4c(C)cc(C)cc4c3C2(C)C)c2cccc(CCCCC(=O)ON3C(=O)CCC3O)c2)C(C)(C)c2c1ccc1c(C)cc(C)cc21. The van der Waals surface area contributed by atoms with Gasteiger partial charge < -0.3 is 14.8 Å². The molecule has 0 aromatic heterocycles. The number of aliphatic hydroxyl groups excluding tert-OH is 1. The van der Waals surface area contributed by atoms with E-state index in [0.717, 1.165) is 65.4 Å². The summed E-state index contributed by atoms with van der Waals surface area (Å²) in [6, 6.07) is 26.5. The van der Waals surface area contributed by atoms with Gasteiger partial charge in [0.05, 0.1) is 11.2 Å². The zero-order valence-electron chi connectivity index (χ0n) is 42.5. The molecule has 0 saturated carbocycles. The summed E-state index contributed by atoms with van der Waals surface area (Å²) in [5, 5.41) is 15.8. The van der Waals surface area contributed by atoms with Crippen LogP contribution in [-0.4, -0.2) is 70.4 Å². The van der Waals surface area contributed by atoms with E-state index in [1.165, 1.54) is 66.3 Å². The first-order valence-electron chi connectivity index (χ1n) is 25.1. The number of carbonyl (C=O) groups is 2. The smallest absolute Gasteiger partial charge is 0.332 e. The second-order valence-corrected chi connectivity index (χ2v) is 22.4. The summed E-state index contributed by atoms with van der Waals surface area (Å²) < 4.78 is 36.1. The molecule has 0 spiro atoms. The maximum Gasteiger partial charge on any atom is 0.332 e. The van der Waals surface area contributed by atoms with Gasteiger partial charge in [0.25, 0.3) is 16.0 Å². The Morgan fingerprint density at radius 2 is 1.53 bits per heavy atom. The van der Waals surface area contributed by atoms with Gasteiger partial charge in [0.15, 0.2) is 11.9 Å². The van der Waals surface area contributed by atoms with Crippen molar-refractivity contribution in [3.8, 4) is 0 Å². The van der Waals surface area contributed by atoms with Gasteiger partial charge >= 0.3 is 5.97 Å². The van der Waals surface area contributed by atoms with Crippen molar-refractivity contribution in [2.45, 2.75) is 137 Å². The molecule has 11 heteroatoms. The number of hydroxylamine groups is 2. The second kappa shape index (κ2) is 20.1. The lowest BCUT2D eigenvalue weighted by Crippen LogP contribution is -2.35. The average molecular weight is 965 g/mol. The fourth-order valence-electron chi connectivity index (χ4n) is 11.3. The molecule has 5 aromatic carbocycles. The molecule has 70 heavy (non-hydrogen) atoms. The monoisotopic (exact) mass is 964 g/mol. The zero-order chi connectivity index (χ0) is 50.3. The fraction of sp³-hybridized carbons (Fsp3) is 0.407. The summed E-state index contributed by atoms with van der Waals surface area (Å²) in [5.74, 6) is -1.26. The Kier molecular flexibility index (Phi) is 14.5. The van der Waals surface area contributed by atoms with Crippen LogP contribution in [0.25, 0.3) is 27.1 Å². The van der Waals surface area contributed by atoms with Crippen LogP contribution in [0.15, 0.2) is 103 Å². The molecule has 2 N–H and O–H groups in total. The number of nitrogens with zero attached hydrogens (tertiary/aromatic N) is 3. The molecule has 3 heterocycles. The summed E-state index contributed by atoms with van der Waals surface area (Å²) in [6.07, 6.45) is 12.8. The van der Waals surface area contributed by atoms with Crippen LogP contribution in [0.1, 0.15) is 130 Å². The first-order valence-corrected chi connectivity index (χ1v) is 26.7. The first kappa shape index (κ1) is 50.5. The van der Waals surface area contributed by atoms with E-state index < -0.39 is 27.7 Å². The lowest BCUT2D eigenvalue weighted by Gasteiger charge is -2.27. The highest BCUT2D eigenvalue weighted by molar-refractivity contribution is 7.85. The molecule has 0 bridgehead atoms. The van der Waals surface area contributed by atoms with Gasteiger partial charge in [0.1, 0.15) is 6.54 Å². The predicted octanol–water partition coefficient (Wildman–Crippen LogP) is 12.1. The topological polar surface area (TPSA) is 127 Å². The van der Waals surface area contributed by atoms with E-state index in [1.54, 1.807) is 0 Å². The van der Waals surface area contributed by atoms with Gasteiger partial charge in [-0.1, -0.05) is 99.0 Å². The van der Waals surface area contributed by atoms with E-state index in [4.69, 9.17) is 4.84 Å². The highest BCUT2D eigenvalue weighted by atomic mass is 32.2. The number of fused-ring (bicyclic) bond motifs is 6. The third kappa shape index (κ3) is 10.2. The summed E-state index contributed by atoms with van der Waals surface area (Å²) in [7, 11) is -4.16. The number of carbonyl (C=O) groups excluding carboxylic acids is 2. The van der Waals surface area contributed by atoms with Gasteiger partial charge in [-0.2, -0.15) is 13.0 Å². The number of anilines is 1. The van der Waals surface area contributed by atoms with Gasteiger partial charge in [-0.05, 0) is 146 Å². The zero-order valence-corrected chi connectivity index (χ0v) is 43.3. The molecule has 1 amide bonds. The van der Waals surface area contributed by atoms with E-state index >= 15 is 0 Å². The van der Waals surface area contributed by atoms with Crippen molar-refractivity contribution in [3.05, 3.63) is 147 Å². The Balaban J connectivity index is 1.21. The molecule has 3 aliphatic heterocycles. The largest absolute Gasteiger partial charge is 0.370 e. The molecular weight excluding hydrogens is 895 g/mol. The third-order valence-corrected chi connectivity index (χ3v) is 15.5. The van der Waals surface area contributed by atoms with Crippen molar-refractivity contribution < 1.29 is 37.1 Å². The van der Waals surface area contributed by atoms with Crippen LogP contribution in [0.2, 0.25) is 0 Å². The Morgan fingerprint density at radius 3 is 2.19 bits per heavy atom. The number of rotatable bonds is 17. The Labute approximate surface area is 414 Å². The van der Waals surface area contributed by atoms with Crippen LogP contribution in [-0.2, 0) is 41.8 Å². The highest BCUT2D eigenvalue weighted by Gasteiger charge is 2.46. The maximum absolute atomic E-state index is 12.6. The molecule has 10 nitrogen and oxygen atoms in total. The summed E-state index contributed by atoms with van der Waals surface area (Å²) in [6.45, 7) is 21.4. The number of aryl methyl sites for hydroxylation is 5. The number of hydrogen-bond acceptors (Lipinski definition) is 7. The molecule has 368 valence electrons. The number of amides is 1. The minimum absolute atomic E-state index is 0.130. The number of unbranched alkanes of at least 4 members (excludes halogenated alkanes) is 2. The Bertz CT molecular complexity index is 3140. The molecule has 5 aromatic rings. The minimum Gasteiger partial charge on any atom is -0.370 e. The third-order valence-electron chi connectivity index (χ3n) is 14.7. The van der Waals surface area contributed by atoms with Gasteiger partial charge in [0, 0.05) is 66.7 Å². The maximum atomic E-state index is 12.6. The van der Waals surface area contributed by atoms with Crippen molar-refractivity contribution in [3.63, 3.8) is 0 Å². The van der Waals surface area contributed by atoms with Crippen LogP contribution < -0.4 is 4.90 Å². The average Bonchev–Trinajstić information content (AvgIpc) is 3.81. The normalized spacial score (nSPS) is 18.3. The quantitative estimate of drug-likeness (QED) is 0.0408. The van der Waals surface area contributed by atoms with Crippen molar-refractivity contribution in [2.75, 3.05) is 23.7 Å². The van der Waals surface area contributed by atoms with E-state index in [2.05, 4.69) is 169 Å². The van der Waals surface area contributed by atoms with Crippen molar-refractivity contribution >= 4 is 66.2 Å². The van der Waals surface area contributed by atoms with E-state index in [1.807, 2.05) is 0 Å². The van der Waals surface area contributed by atoms with Gasteiger partial charge in [0.2, 0.25) is 5.69 Å². The van der Waals surface area contributed by atoms with Gasteiger partial charge in [-0.15, -0.1) is 5.06 Å². The van der Waals surface area contributed by atoms with Crippen LogP contribution >= 0.6 is 0 Å². The Hall–Kier alpha value is -5.88. The molecule has 1 saturated heterocycles. The number of hydrogen-bond donors (Lipinski definition) is 2. The summed E-state index contributed by atoms with van der Waals surface area (Å²) in [4.78, 5) is 32.4. The predicted molar refractivity (Wildman–Crippen MR) is 283 cm³/mol. The lowest BCUT2D eigenvalue weighted by molar-refractivity contribution is -0.437. The van der Waals surface area contributed by atoms with Crippen molar-refractivity contribution in [1.29, 1.82) is 0 Å². The molecular formula is C59H70N3O7S+. The van der Waals surface area contributed by atoms with Gasteiger partial charge in [-0.3, -0.25) is 9.35 Å². The molecule has 0 radical (unpaired) electrons. The molecule has 1 unspecified atom stereocenters. The van der Waals surface area contributed by atoms with E-state index in [-0.39, 0.29) is 42.8 Å². The number of benzene rings is 5. The second-order valence-electron chi connectivity index (χ2n) is 20.8. The summed E-state index contributed by atoms with van der Waals surface area (Å²) >= 11 is 0. The molecule has 1 atom stereocenters. The van der Waals surface area contributed by atoms with Crippen LogP contribution in [0.4, 0.5) is 11.4 Å². The summed E-state index contributed by atoms with van der Waals surface area (Å²) in [5.41, 5.74) is 14.3. The van der Waals surface area contributed by atoms with Crippen LogP contribution in [0.5, 0.6) is 0 Å². The number of allylic oxidation sites excluding steroid dienone is 6. The van der Waals surface area contributed by atoms with E-state index in [0.29, 0.717) is 13.0 Å². The van der Waals surface area contributed by atoms with Crippen molar-refractivity contribution in [1.82, 2.24) is 5.06 Å². The number of aliphatic hydroxyl groups is 1. The molecule has 3 aliphatic rings. The van der Waals surface area contributed by atoms with Crippen LogP contribution in [0.3, 0.4) is 0 Å². The minimum atomic E-state index is -4.16. The standard InChI is InChI=1S/C59H69N3O7S/c1-10-11-30-60-49-24-22-45-40(4)33-38(2)35-47(45)56(49)58(6,7)51(60)26-20-43(44-18-14-17-42(37-44)16-12-13-19-55(65)69-62-53(63)28-29-54(62)64)21-27-52-59(8,9)57-48-36-39(3)34-41(5)46(48)23-25-50(57)61(52)31-15-32-70(66,67)68/h14,17-18,20-27,33-37,53,63H,10-13,15-16,19,28-32H2,1-9H3/p+1. The molecule has 0 aliphatic carbocycles. The highest BCUT2D eigenvalue weighted by Crippen LogP contribution is 2.52. The Morgan fingerprint density at radius 1 is 0.843 bits per heavy atom. The van der Waals surface area contributed by atoms with E-state index in [9.17, 15) is 27.7 Å². The molecule has 1 fully saturated rings. The first-order chi connectivity index (χ1) is 33.2. The van der Waals surface area contributed by atoms with Gasteiger partial charge in [-0.25, -0.2) is 4.79 Å². The van der Waals surface area contributed by atoms with Crippen LogP contribution in [0, 0.1) is 27.7 Å².